The second kappa shape index (κ2) is 8.50. The molecule has 2 aromatic rings. The molecule has 1 aliphatic rings. The second-order valence-electron chi connectivity index (χ2n) is 5.68. The van der Waals surface area contributed by atoms with Gasteiger partial charge in [-0.2, -0.15) is 11.8 Å². The van der Waals surface area contributed by atoms with E-state index in [0.29, 0.717) is 22.9 Å². The number of halogens is 1. The van der Waals surface area contributed by atoms with E-state index in [9.17, 15) is 4.79 Å². The summed E-state index contributed by atoms with van der Waals surface area (Å²) >= 11 is 8.39. The first-order valence-corrected chi connectivity index (χ1v) is 9.87. The largest absolute Gasteiger partial charge is 0.494 e. The van der Waals surface area contributed by atoms with E-state index in [1.165, 1.54) is 0 Å². The van der Waals surface area contributed by atoms with Gasteiger partial charge in [0, 0.05) is 35.8 Å². The van der Waals surface area contributed by atoms with E-state index in [1.807, 2.05) is 36.9 Å². The van der Waals surface area contributed by atoms with Gasteiger partial charge in [-0.1, -0.05) is 11.6 Å². The fraction of sp³-hybridized carbons (Fsp3) is 0.316. The molecule has 132 valence electrons. The molecule has 1 fully saturated rings. The Morgan fingerprint density at radius 2 is 1.92 bits per heavy atom. The predicted octanol–water partition coefficient (Wildman–Crippen LogP) is 4.54. The van der Waals surface area contributed by atoms with Gasteiger partial charge in [-0.25, -0.2) is 0 Å². The van der Waals surface area contributed by atoms with Gasteiger partial charge in [-0.3, -0.25) is 4.79 Å². The van der Waals surface area contributed by atoms with E-state index >= 15 is 0 Å². The van der Waals surface area contributed by atoms with Crippen molar-refractivity contribution in [1.82, 2.24) is 0 Å². The first-order chi connectivity index (χ1) is 12.2. The Hall–Kier alpha value is -1.85. The summed E-state index contributed by atoms with van der Waals surface area (Å²) in [5.41, 5.74) is 2.30. The Labute approximate surface area is 157 Å². The highest BCUT2D eigenvalue weighted by Gasteiger charge is 2.15. The van der Waals surface area contributed by atoms with Crippen molar-refractivity contribution < 1.29 is 9.53 Å². The normalized spacial score (nSPS) is 14.2. The van der Waals surface area contributed by atoms with Crippen LogP contribution in [0.2, 0.25) is 5.02 Å². The van der Waals surface area contributed by atoms with Crippen molar-refractivity contribution >= 4 is 40.6 Å². The predicted molar refractivity (Wildman–Crippen MR) is 107 cm³/mol. The fourth-order valence-corrected chi connectivity index (χ4v) is 3.92. The molecule has 25 heavy (non-hydrogen) atoms. The van der Waals surface area contributed by atoms with Crippen LogP contribution in [0.15, 0.2) is 42.5 Å². The topological polar surface area (TPSA) is 41.6 Å². The lowest BCUT2D eigenvalue weighted by Crippen LogP contribution is -2.32. The molecule has 6 heteroatoms. The molecule has 1 N–H and O–H groups in total. The number of thioether (sulfide) groups is 1. The maximum absolute atomic E-state index is 12.4. The summed E-state index contributed by atoms with van der Waals surface area (Å²) in [4.78, 5) is 14.7. The molecule has 3 rings (SSSR count). The Balaban J connectivity index is 1.67. The van der Waals surface area contributed by atoms with Gasteiger partial charge in [0.25, 0.3) is 5.91 Å². The summed E-state index contributed by atoms with van der Waals surface area (Å²) in [6, 6.07) is 12.8. The molecule has 2 aromatic carbocycles. The second-order valence-corrected chi connectivity index (χ2v) is 7.31. The number of carbonyl (C=O) groups excluding carboxylic acids is 1. The van der Waals surface area contributed by atoms with Crippen molar-refractivity contribution in [2.45, 2.75) is 6.92 Å². The van der Waals surface area contributed by atoms with Crippen LogP contribution in [0.25, 0.3) is 0 Å². The molecule has 0 aliphatic carbocycles. The number of nitrogens with zero attached hydrogens (tertiary/aromatic N) is 1. The highest BCUT2D eigenvalue weighted by molar-refractivity contribution is 7.99. The van der Waals surface area contributed by atoms with Crippen LogP contribution in [0.5, 0.6) is 5.75 Å². The van der Waals surface area contributed by atoms with E-state index < -0.39 is 0 Å². The molecular weight excluding hydrogens is 356 g/mol. The Morgan fingerprint density at radius 1 is 1.20 bits per heavy atom. The number of nitrogens with one attached hydrogen (secondary N) is 1. The van der Waals surface area contributed by atoms with Gasteiger partial charge in [0.2, 0.25) is 0 Å². The maximum Gasteiger partial charge on any atom is 0.255 e. The number of hydrogen-bond acceptors (Lipinski definition) is 4. The van der Waals surface area contributed by atoms with Gasteiger partial charge < -0.3 is 15.0 Å². The van der Waals surface area contributed by atoms with Crippen molar-refractivity contribution in [3.8, 4) is 5.75 Å². The minimum Gasteiger partial charge on any atom is -0.494 e. The minimum absolute atomic E-state index is 0.166. The van der Waals surface area contributed by atoms with Crippen LogP contribution in [-0.4, -0.2) is 37.1 Å². The zero-order chi connectivity index (χ0) is 17.6. The monoisotopic (exact) mass is 376 g/mol. The van der Waals surface area contributed by atoms with Gasteiger partial charge in [-0.15, -0.1) is 0 Å². The summed E-state index contributed by atoms with van der Waals surface area (Å²) in [6.07, 6.45) is 0. The van der Waals surface area contributed by atoms with E-state index in [2.05, 4.69) is 10.2 Å². The van der Waals surface area contributed by atoms with Crippen molar-refractivity contribution in [2.24, 2.45) is 0 Å². The number of hydrogen-bond donors (Lipinski definition) is 1. The van der Waals surface area contributed by atoms with Crippen molar-refractivity contribution in [1.29, 1.82) is 0 Å². The van der Waals surface area contributed by atoms with E-state index in [0.717, 1.165) is 36.0 Å². The number of ether oxygens (including phenoxy) is 1. The average molecular weight is 377 g/mol. The van der Waals surface area contributed by atoms with Crippen molar-refractivity contribution in [3.05, 3.63) is 53.1 Å². The summed E-state index contributed by atoms with van der Waals surface area (Å²) in [7, 11) is 0. The van der Waals surface area contributed by atoms with Gasteiger partial charge >= 0.3 is 0 Å². The van der Waals surface area contributed by atoms with Crippen LogP contribution in [0.3, 0.4) is 0 Å². The molecule has 0 spiro atoms. The molecular formula is C19H21ClN2O2S. The molecule has 1 amide bonds. The van der Waals surface area contributed by atoms with Gasteiger partial charge in [0.1, 0.15) is 5.75 Å². The van der Waals surface area contributed by atoms with Gasteiger partial charge in [0.15, 0.2) is 0 Å². The van der Waals surface area contributed by atoms with Gasteiger partial charge in [-0.05, 0) is 49.4 Å². The fourth-order valence-electron chi connectivity index (χ4n) is 2.72. The molecule has 0 bridgehead atoms. The van der Waals surface area contributed by atoms with Crippen LogP contribution < -0.4 is 15.0 Å². The number of rotatable bonds is 5. The summed E-state index contributed by atoms with van der Waals surface area (Å²) in [5.74, 6) is 2.83. The van der Waals surface area contributed by atoms with E-state index in [-0.39, 0.29) is 5.91 Å². The molecule has 0 aromatic heterocycles. The lowest BCUT2D eigenvalue weighted by molar-refractivity contribution is 0.102. The standard InChI is InChI=1S/C19H21ClN2O2S/c1-2-24-16-6-3-14(4-7-16)19(23)21-15-5-8-18(17(20)13-15)22-9-11-25-12-10-22/h3-8,13H,2,9-12H2,1H3,(H,21,23). The maximum atomic E-state index is 12.4. The smallest absolute Gasteiger partial charge is 0.255 e. The van der Waals surface area contributed by atoms with Crippen LogP contribution in [0, 0.1) is 0 Å². The van der Waals surface area contributed by atoms with Crippen LogP contribution in [-0.2, 0) is 0 Å². The molecule has 0 unspecified atom stereocenters. The van der Waals surface area contributed by atoms with E-state index in [4.69, 9.17) is 16.3 Å². The quantitative estimate of drug-likeness (QED) is 0.831. The lowest BCUT2D eigenvalue weighted by atomic mass is 10.2. The summed E-state index contributed by atoms with van der Waals surface area (Å²) < 4.78 is 5.39. The Bertz CT molecular complexity index is 731. The highest BCUT2D eigenvalue weighted by atomic mass is 35.5. The third-order valence-corrected chi connectivity index (χ3v) is 5.23. The third-order valence-electron chi connectivity index (χ3n) is 3.98. The number of anilines is 2. The van der Waals surface area contributed by atoms with Crippen LogP contribution in [0.4, 0.5) is 11.4 Å². The molecule has 1 saturated heterocycles. The molecule has 0 atom stereocenters. The molecule has 1 heterocycles. The minimum atomic E-state index is -0.166. The number of benzene rings is 2. The summed E-state index contributed by atoms with van der Waals surface area (Å²) in [5, 5.41) is 3.56. The van der Waals surface area contributed by atoms with Crippen LogP contribution >= 0.6 is 23.4 Å². The number of carbonyl (C=O) groups is 1. The zero-order valence-corrected chi connectivity index (χ0v) is 15.7. The number of amides is 1. The van der Waals surface area contributed by atoms with Crippen molar-refractivity contribution in [3.63, 3.8) is 0 Å². The summed E-state index contributed by atoms with van der Waals surface area (Å²) in [6.45, 7) is 4.54. The molecule has 1 aliphatic heterocycles. The molecule has 0 radical (unpaired) electrons. The SMILES string of the molecule is CCOc1ccc(C(=O)Nc2ccc(N3CCSCC3)c(Cl)c2)cc1. The molecule has 4 nitrogen and oxygen atoms in total. The average Bonchev–Trinajstić information content (AvgIpc) is 2.63. The Morgan fingerprint density at radius 3 is 2.56 bits per heavy atom. The van der Waals surface area contributed by atoms with Gasteiger partial charge in [0.05, 0.1) is 17.3 Å². The van der Waals surface area contributed by atoms with E-state index in [1.54, 1.807) is 24.3 Å². The zero-order valence-electron chi connectivity index (χ0n) is 14.1. The third kappa shape index (κ3) is 4.61. The Kier molecular flexibility index (Phi) is 6.10. The van der Waals surface area contributed by atoms with Crippen molar-refractivity contribution in [2.75, 3.05) is 41.4 Å². The molecule has 0 saturated carbocycles. The van der Waals surface area contributed by atoms with Crippen LogP contribution in [0.1, 0.15) is 17.3 Å². The first kappa shape index (κ1) is 18.0. The lowest BCUT2D eigenvalue weighted by Gasteiger charge is -2.29. The highest BCUT2D eigenvalue weighted by Crippen LogP contribution is 2.30. The first-order valence-electron chi connectivity index (χ1n) is 8.34.